The van der Waals surface area contributed by atoms with E-state index in [0.29, 0.717) is 0 Å². The number of nitrogens with one attached hydrogen (secondary N) is 1. The Labute approximate surface area is 61.4 Å². The number of rotatable bonds is 4. The lowest BCUT2D eigenvalue weighted by Crippen LogP contribution is -2.59. The first-order valence-electron chi connectivity index (χ1n) is 3.69. The summed E-state index contributed by atoms with van der Waals surface area (Å²) < 4.78 is 4.87. The van der Waals surface area contributed by atoms with Gasteiger partial charge in [0.2, 0.25) is 0 Å². The first-order chi connectivity index (χ1) is 4.77. The van der Waals surface area contributed by atoms with Crippen molar-refractivity contribution in [2.24, 2.45) is 0 Å². The van der Waals surface area contributed by atoms with Gasteiger partial charge in [0.05, 0.1) is 5.60 Å². The first kappa shape index (κ1) is 7.98. The Bertz CT molecular complexity index is 102. The zero-order valence-electron chi connectivity index (χ0n) is 6.39. The Morgan fingerprint density at radius 3 is 2.70 bits per heavy atom. The van der Waals surface area contributed by atoms with Crippen molar-refractivity contribution >= 4 is 0 Å². The smallest absolute Gasteiger partial charge is 0.0895 e. The van der Waals surface area contributed by atoms with Crippen LogP contribution in [0.1, 0.15) is 12.8 Å². The minimum absolute atomic E-state index is 0.418. The van der Waals surface area contributed by atoms with Crippen molar-refractivity contribution in [3.8, 4) is 0 Å². The summed E-state index contributed by atoms with van der Waals surface area (Å²) in [7, 11) is 1.68. The van der Waals surface area contributed by atoms with Gasteiger partial charge in [0.1, 0.15) is 0 Å². The summed E-state index contributed by atoms with van der Waals surface area (Å²) in [6, 6.07) is 0. The molecule has 0 aliphatic carbocycles. The molecule has 1 aliphatic heterocycles. The van der Waals surface area contributed by atoms with Crippen LogP contribution in [-0.2, 0) is 4.74 Å². The van der Waals surface area contributed by atoms with Crippen LogP contribution in [0.5, 0.6) is 0 Å². The average molecular weight is 145 g/mol. The van der Waals surface area contributed by atoms with Crippen LogP contribution in [0.2, 0.25) is 0 Å². The van der Waals surface area contributed by atoms with Crippen molar-refractivity contribution in [1.29, 1.82) is 0 Å². The summed E-state index contributed by atoms with van der Waals surface area (Å²) in [5.41, 5.74) is -0.418. The van der Waals surface area contributed by atoms with Gasteiger partial charge in [0.15, 0.2) is 0 Å². The SMILES string of the molecule is COCCCC1(O)CNC1. The highest BCUT2D eigenvalue weighted by Gasteiger charge is 2.32. The molecular formula is C7H15NO2. The summed E-state index contributed by atoms with van der Waals surface area (Å²) in [4.78, 5) is 0. The van der Waals surface area contributed by atoms with Crippen LogP contribution in [-0.4, -0.2) is 37.5 Å². The molecule has 3 nitrogen and oxygen atoms in total. The van der Waals surface area contributed by atoms with Gasteiger partial charge in [-0.2, -0.15) is 0 Å². The zero-order chi connectivity index (χ0) is 7.45. The molecule has 0 aromatic heterocycles. The zero-order valence-corrected chi connectivity index (χ0v) is 6.39. The Kier molecular flexibility index (Phi) is 2.65. The number of hydrogen-bond acceptors (Lipinski definition) is 3. The van der Waals surface area contributed by atoms with E-state index >= 15 is 0 Å². The third kappa shape index (κ3) is 1.94. The average Bonchev–Trinajstić information content (AvgIpc) is 1.85. The molecule has 0 atom stereocenters. The fourth-order valence-corrected chi connectivity index (χ4v) is 1.14. The van der Waals surface area contributed by atoms with E-state index in [2.05, 4.69) is 5.32 Å². The summed E-state index contributed by atoms with van der Waals surface area (Å²) in [6.45, 7) is 2.25. The maximum atomic E-state index is 9.52. The minimum atomic E-state index is -0.418. The molecule has 0 spiro atoms. The summed E-state index contributed by atoms with van der Waals surface area (Å²) >= 11 is 0. The van der Waals surface area contributed by atoms with E-state index in [1.807, 2.05) is 0 Å². The standard InChI is InChI=1S/C7H15NO2/c1-10-4-2-3-7(9)5-8-6-7/h8-9H,2-6H2,1H3. The second kappa shape index (κ2) is 3.32. The molecular weight excluding hydrogens is 130 g/mol. The molecule has 10 heavy (non-hydrogen) atoms. The van der Waals surface area contributed by atoms with Crippen LogP contribution in [0.4, 0.5) is 0 Å². The van der Waals surface area contributed by atoms with Gasteiger partial charge in [-0.1, -0.05) is 0 Å². The molecule has 0 radical (unpaired) electrons. The Morgan fingerprint density at radius 1 is 1.60 bits per heavy atom. The predicted molar refractivity (Wildman–Crippen MR) is 38.9 cm³/mol. The lowest BCUT2D eigenvalue weighted by Gasteiger charge is -2.37. The Balaban J connectivity index is 2.01. The summed E-state index contributed by atoms with van der Waals surface area (Å²) in [5, 5.41) is 12.6. The van der Waals surface area contributed by atoms with E-state index < -0.39 is 5.60 Å². The van der Waals surface area contributed by atoms with Gasteiger partial charge in [-0.25, -0.2) is 0 Å². The van der Waals surface area contributed by atoms with Gasteiger partial charge < -0.3 is 15.2 Å². The fraction of sp³-hybridized carbons (Fsp3) is 1.00. The van der Waals surface area contributed by atoms with E-state index in [-0.39, 0.29) is 0 Å². The summed E-state index contributed by atoms with van der Waals surface area (Å²) in [5.74, 6) is 0. The van der Waals surface area contributed by atoms with Crippen LogP contribution in [0, 0.1) is 0 Å². The quantitative estimate of drug-likeness (QED) is 0.536. The summed E-state index contributed by atoms with van der Waals surface area (Å²) in [6.07, 6.45) is 1.81. The number of ether oxygens (including phenoxy) is 1. The Hall–Kier alpha value is -0.120. The lowest BCUT2D eigenvalue weighted by atomic mass is 9.92. The normalized spacial score (nSPS) is 22.2. The molecule has 60 valence electrons. The van der Waals surface area contributed by atoms with Gasteiger partial charge in [-0.15, -0.1) is 0 Å². The number of methoxy groups -OCH3 is 1. The van der Waals surface area contributed by atoms with E-state index in [9.17, 15) is 5.11 Å². The van der Waals surface area contributed by atoms with Crippen LogP contribution in [0.15, 0.2) is 0 Å². The fourth-order valence-electron chi connectivity index (χ4n) is 1.14. The van der Waals surface area contributed by atoms with Crippen LogP contribution >= 0.6 is 0 Å². The molecule has 3 heteroatoms. The number of β-amino-alcohol motifs (C(OH)–C–C–N with tert-alkyl or cyclic N) is 1. The van der Waals surface area contributed by atoms with Gasteiger partial charge in [-0.05, 0) is 12.8 Å². The van der Waals surface area contributed by atoms with Crippen LogP contribution in [0.25, 0.3) is 0 Å². The number of hydrogen-bond donors (Lipinski definition) is 2. The van der Waals surface area contributed by atoms with Crippen molar-refractivity contribution in [2.75, 3.05) is 26.8 Å². The molecule has 0 amide bonds. The van der Waals surface area contributed by atoms with Gasteiger partial charge in [0, 0.05) is 26.8 Å². The molecule has 0 saturated carbocycles. The monoisotopic (exact) mass is 145 g/mol. The molecule has 0 bridgehead atoms. The maximum Gasteiger partial charge on any atom is 0.0895 e. The molecule has 1 saturated heterocycles. The van der Waals surface area contributed by atoms with Crippen molar-refractivity contribution in [2.45, 2.75) is 18.4 Å². The van der Waals surface area contributed by atoms with Crippen molar-refractivity contribution in [1.82, 2.24) is 5.32 Å². The minimum Gasteiger partial charge on any atom is -0.387 e. The van der Waals surface area contributed by atoms with E-state index in [1.165, 1.54) is 0 Å². The molecule has 0 unspecified atom stereocenters. The highest BCUT2D eigenvalue weighted by atomic mass is 16.5. The van der Waals surface area contributed by atoms with Crippen LogP contribution in [0.3, 0.4) is 0 Å². The maximum absolute atomic E-state index is 9.52. The lowest BCUT2D eigenvalue weighted by molar-refractivity contribution is -0.0229. The highest BCUT2D eigenvalue weighted by molar-refractivity contribution is 4.91. The molecule has 1 aliphatic rings. The number of aliphatic hydroxyl groups is 1. The van der Waals surface area contributed by atoms with Gasteiger partial charge in [0.25, 0.3) is 0 Å². The third-order valence-electron chi connectivity index (χ3n) is 1.90. The largest absolute Gasteiger partial charge is 0.387 e. The third-order valence-corrected chi connectivity index (χ3v) is 1.90. The molecule has 0 aromatic carbocycles. The molecule has 1 heterocycles. The van der Waals surface area contributed by atoms with E-state index in [0.717, 1.165) is 32.5 Å². The molecule has 2 N–H and O–H groups in total. The molecule has 1 fully saturated rings. The van der Waals surface area contributed by atoms with Crippen molar-refractivity contribution in [3.05, 3.63) is 0 Å². The van der Waals surface area contributed by atoms with E-state index in [1.54, 1.807) is 7.11 Å². The van der Waals surface area contributed by atoms with Gasteiger partial charge >= 0.3 is 0 Å². The first-order valence-corrected chi connectivity index (χ1v) is 3.69. The Morgan fingerprint density at radius 2 is 2.30 bits per heavy atom. The van der Waals surface area contributed by atoms with Gasteiger partial charge in [-0.3, -0.25) is 0 Å². The highest BCUT2D eigenvalue weighted by Crippen LogP contribution is 2.16. The topological polar surface area (TPSA) is 41.5 Å². The molecule has 0 aromatic rings. The van der Waals surface area contributed by atoms with Crippen LogP contribution < -0.4 is 5.32 Å². The van der Waals surface area contributed by atoms with E-state index in [4.69, 9.17) is 4.74 Å². The predicted octanol–water partition coefficient (Wildman–Crippen LogP) is -0.253. The van der Waals surface area contributed by atoms with Crippen molar-refractivity contribution < 1.29 is 9.84 Å². The second-order valence-electron chi connectivity index (χ2n) is 2.92. The molecule has 1 rings (SSSR count). The second-order valence-corrected chi connectivity index (χ2v) is 2.92. The van der Waals surface area contributed by atoms with Crippen molar-refractivity contribution in [3.63, 3.8) is 0 Å².